The lowest BCUT2D eigenvalue weighted by molar-refractivity contribution is 0.205. The number of nitrogens with two attached hydrogens (primary N) is 1. The normalized spacial score (nSPS) is 18.2. The molecule has 1 saturated heterocycles. The zero-order chi connectivity index (χ0) is 23.6. The van der Waals surface area contributed by atoms with Gasteiger partial charge in [0.1, 0.15) is 5.69 Å². The maximum absolute atomic E-state index is 13.5. The number of rotatable bonds is 7. The third-order valence-corrected chi connectivity index (χ3v) is 8.70. The Hall–Kier alpha value is -2.43. The average molecular weight is 476 g/mol. The van der Waals surface area contributed by atoms with Crippen molar-refractivity contribution < 1.29 is 13.2 Å². The molecular weight excluding hydrogens is 442 g/mol. The van der Waals surface area contributed by atoms with E-state index in [0.717, 1.165) is 31.2 Å². The van der Waals surface area contributed by atoms with Gasteiger partial charge in [-0.3, -0.25) is 4.79 Å². The quantitative estimate of drug-likeness (QED) is 0.651. The van der Waals surface area contributed by atoms with Crippen molar-refractivity contribution in [3.05, 3.63) is 46.4 Å². The Morgan fingerprint density at radius 3 is 2.48 bits per heavy atom. The van der Waals surface area contributed by atoms with Crippen molar-refractivity contribution in [3.8, 4) is 11.4 Å². The van der Waals surface area contributed by atoms with Crippen molar-refractivity contribution in [1.29, 1.82) is 0 Å². The molecule has 180 valence electrons. The lowest BCUT2D eigenvalue weighted by atomic mass is 10.2. The first-order valence-corrected chi connectivity index (χ1v) is 13.1. The third-order valence-electron chi connectivity index (χ3n) is 6.43. The van der Waals surface area contributed by atoms with Crippen LogP contribution in [0.5, 0.6) is 5.75 Å². The molecule has 0 amide bonds. The Bertz CT molecular complexity index is 1130. The monoisotopic (exact) mass is 475 g/mol. The van der Waals surface area contributed by atoms with E-state index in [1.165, 1.54) is 8.99 Å². The minimum Gasteiger partial charge on any atom is -0.483 e. The Balaban J connectivity index is 1.66. The number of hydrogen-bond acceptors (Lipinski definition) is 7. The summed E-state index contributed by atoms with van der Waals surface area (Å²) in [6.45, 7) is 5.43. The standard InChI is InChI=1S/C23H33N5O4S/c1-17(2)33(30,31)27-12-10-26(11-13-27)21-16-25-28(19-7-5-6-18(14-19)15-24)23(29)22(21)32-20-8-3-4-9-20/h5-7,14,16-17,20H,3-4,8-13,15,24H2,1-2H3. The third kappa shape index (κ3) is 4.92. The van der Waals surface area contributed by atoms with E-state index in [-0.39, 0.29) is 17.4 Å². The summed E-state index contributed by atoms with van der Waals surface area (Å²) in [5, 5.41) is 3.98. The topological polar surface area (TPSA) is 111 Å². The van der Waals surface area contributed by atoms with Crippen LogP contribution in [-0.2, 0) is 16.6 Å². The fourth-order valence-electron chi connectivity index (χ4n) is 4.42. The first kappa shape index (κ1) is 23.7. The highest BCUT2D eigenvalue weighted by Gasteiger charge is 2.31. The zero-order valence-electron chi connectivity index (χ0n) is 19.3. The first-order valence-electron chi connectivity index (χ1n) is 11.6. The molecule has 33 heavy (non-hydrogen) atoms. The second-order valence-corrected chi connectivity index (χ2v) is 11.4. The van der Waals surface area contributed by atoms with Gasteiger partial charge >= 0.3 is 5.56 Å². The van der Waals surface area contributed by atoms with Crippen LogP contribution in [0.2, 0.25) is 0 Å². The van der Waals surface area contributed by atoms with Crippen LogP contribution in [-0.4, -0.2) is 60.0 Å². The van der Waals surface area contributed by atoms with Gasteiger partial charge in [-0.25, -0.2) is 8.42 Å². The van der Waals surface area contributed by atoms with Gasteiger partial charge in [0, 0.05) is 32.7 Å². The molecule has 1 saturated carbocycles. The summed E-state index contributed by atoms with van der Waals surface area (Å²) in [7, 11) is -3.31. The van der Waals surface area contributed by atoms with E-state index < -0.39 is 15.3 Å². The number of hydrogen-bond donors (Lipinski definition) is 1. The van der Waals surface area contributed by atoms with Gasteiger partial charge in [-0.15, -0.1) is 0 Å². The van der Waals surface area contributed by atoms with Crippen LogP contribution in [0.4, 0.5) is 5.69 Å². The molecule has 1 aliphatic heterocycles. The van der Waals surface area contributed by atoms with Crippen LogP contribution < -0.4 is 20.9 Å². The van der Waals surface area contributed by atoms with Crippen molar-refractivity contribution in [1.82, 2.24) is 14.1 Å². The molecule has 2 fully saturated rings. The highest BCUT2D eigenvalue weighted by atomic mass is 32.2. The fraction of sp³-hybridized carbons (Fsp3) is 0.565. The summed E-state index contributed by atoms with van der Waals surface area (Å²) >= 11 is 0. The van der Waals surface area contributed by atoms with E-state index in [0.29, 0.717) is 44.1 Å². The SMILES string of the molecule is CC(C)S(=O)(=O)N1CCN(c2cnn(-c3cccc(CN)c3)c(=O)c2OC2CCCC2)CC1. The summed E-state index contributed by atoms with van der Waals surface area (Å²) in [5.74, 6) is 0.287. The van der Waals surface area contributed by atoms with Crippen LogP contribution in [0.1, 0.15) is 45.1 Å². The number of nitrogens with zero attached hydrogens (tertiary/aromatic N) is 4. The predicted molar refractivity (Wildman–Crippen MR) is 128 cm³/mol. The molecule has 1 aromatic carbocycles. The van der Waals surface area contributed by atoms with Crippen LogP contribution in [0.25, 0.3) is 5.69 Å². The zero-order valence-corrected chi connectivity index (χ0v) is 20.1. The van der Waals surface area contributed by atoms with Crippen molar-refractivity contribution in [3.63, 3.8) is 0 Å². The van der Waals surface area contributed by atoms with Crippen LogP contribution >= 0.6 is 0 Å². The van der Waals surface area contributed by atoms with Crippen molar-refractivity contribution in [2.24, 2.45) is 5.73 Å². The highest BCUT2D eigenvalue weighted by molar-refractivity contribution is 7.89. The fourth-order valence-corrected chi connectivity index (χ4v) is 5.69. The van der Waals surface area contributed by atoms with Gasteiger partial charge in [-0.05, 0) is 57.2 Å². The van der Waals surface area contributed by atoms with Gasteiger partial charge < -0.3 is 15.4 Å². The van der Waals surface area contributed by atoms with E-state index in [1.807, 2.05) is 29.2 Å². The number of benzene rings is 1. The average Bonchev–Trinajstić information content (AvgIpc) is 3.33. The Morgan fingerprint density at radius 1 is 1.15 bits per heavy atom. The molecule has 2 aliphatic rings. The Kier molecular flexibility index (Phi) is 7.06. The number of piperazine rings is 1. The molecule has 1 aromatic heterocycles. The number of anilines is 1. The second kappa shape index (κ2) is 9.82. The van der Waals surface area contributed by atoms with E-state index in [9.17, 15) is 13.2 Å². The van der Waals surface area contributed by atoms with Gasteiger partial charge in [0.05, 0.1) is 23.2 Å². The van der Waals surface area contributed by atoms with Crippen LogP contribution in [0.15, 0.2) is 35.3 Å². The summed E-state index contributed by atoms with van der Waals surface area (Å²) in [5.41, 5.74) is 7.63. The highest BCUT2D eigenvalue weighted by Crippen LogP contribution is 2.30. The first-order chi connectivity index (χ1) is 15.8. The lowest BCUT2D eigenvalue weighted by Gasteiger charge is -2.36. The van der Waals surface area contributed by atoms with Gasteiger partial charge in [0.2, 0.25) is 15.8 Å². The van der Waals surface area contributed by atoms with Crippen molar-refractivity contribution in [2.75, 3.05) is 31.1 Å². The molecule has 0 radical (unpaired) electrons. The summed E-state index contributed by atoms with van der Waals surface area (Å²) in [6, 6.07) is 7.43. The molecule has 4 rings (SSSR count). The Morgan fingerprint density at radius 2 is 1.85 bits per heavy atom. The molecule has 0 atom stereocenters. The summed E-state index contributed by atoms with van der Waals surface area (Å²) in [4.78, 5) is 15.6. The molecule has 0 spiro atoms. The summed E-state index contributed by atoms with van der Waals surface area (Å²) < 4.78 is 34.2. The van der Waals surface area contributed by atoms with Gasteiger partial charge in [-0.2, -0.15) is 14.1 Å². The van der Waals surface area contributed by atoms with E-state index in [1.54, 1.807) is 20.0 Å². The largest absolute Gasteiger partial charge is 0.483 e. The van der Waals surface area contributed by atoms with Gasteiger partial charge in [0.15, 0.2) is 0 Å². The lowest BCUT2D eigenvalue weighted by Crippen LogP contribution is -2.50. The second-order valence-electron chi connectivity index (χ2n) is 8.95. The molecule has 9 nitrogen and oxygen atoms in total. The molecular formula is C23H33N5O4S. The van der Waals surface area contributed by atoms with Crippen molar-refractivity contribution >= 4 is 15.7 Å². The Labute approximate surface area is 195 Å². The molecule has 2 heterocycles. The minimum atomic E-state index is -3.31. The molecule has 2 aromatic rings. The molecule has 0 bridgehead atoms. The van der Waals surface area contributed by atoms with E-state index in [4.69, 9.17) is 10.5 Å². The minimum absolute atomic E-state index is 0.00489. The van der Waals surface area contributed by atoms with E-state index in [2.05, 4.69) is 5.10 Å². The molecule has 2 N–H and O–H groups in total. The van der Waals surface area contributed by atoms with Gasteiger partial charge in [-0.1, -0.05) is 12.1 Å². The molecule has 10 heteroatoms. The van der Waals surface area contributed by atoms with Crippen molar-refractivity contribution in [2.45, 2.75) is 57.4 Å². The molecule has 0 unspecified atom stereocenters. The van der Waals surface area contributed by atoms with E-state index >= 15 is 0 Å². The number of aromatic nitrogens is 2. The maximum atomic E-state index is 13.5. The van der Waals surface area contributed by atoms with Gasteiger partial charge in [0.25, 0.3) is 0 Å². The molecule has 1 aliphatic carbocycles. The predicted octanol–water partition coefficient (Wildman–Crippen LogP) is 1.87. The smallest absolute Gasteiger partial charge is 0.316 e. The van der Waals surface area contributed by atoms with Crippen LogP contribution in [0, 0.1) is 0 Å². The number of sulfonamides is 1. The number of ether oxygens (including phenoxy) is 1. The maximum Gasteiger partial charge on any atom is 0.316 e. The van der Waals surface area contributed by atoms with Crippen LogP contribution in [0.3, 0.4) is 0 Å². The summed E-state index contributed by atoms with van der Waals surface area (Å²) in [6.07, 6.45) is 5.68.